The van der Waals surface area contributed by atoms with Gasteiger partial charge in [0.1, 0.15) is 11.5 Å². The summed E-state index contributed by atoms with van der Waals surface area (Å²) in [6.07, 6.45) is 41.5. The lowest BCUT2D eigenvalue weighted by Crippen LogP contribution is -2.12. The molecule has 4 rings (SSSR count). The Morgan fingerprint density at radius 1 is 0.385 bits per heavy atom. The van der Waals surface area contributed by atoms with Gasteiger partial charge in [-0.3, -0.25) is 20.2 Å². The molecular weight excluding hydrogens is 981 g/mol. The number of carbonyl (C=O) groups is 2. The SMILES string of the molecule is CCCCCCCCCCCCCCCCCCOc1ccc(C(=O)Oc2cc(C)c(-c3c(C)cc(OC(=O)c4ccc(OCCCCCCCCCCCCCCCCCC)cc4)c([N+](=O)[O-])c3C)c(C)c2[N+](=O)[O-])cc1. The lowest BCUT2D eigenvalue weighted by Gasteiger charge is -2.19. The Labute approximate surface area is 468 Å². The molecule has 12 nitrogen and oxygen atoms in total. The molecule has 0 radical (unpaired) electrons. The summed E-state index contributed by atoms with van der Waals surface area (Å²) in [5, 5.41) is 25.3. The third-order valence-corrected chi connectivity index (χ3v) is 15.1. The molecule has 0 aromatic heterocycles. The van der Waals surface area contributed by atoms with Gasteiger partial charge in [0.15, 0.2) is 0 Å². The predicted octanol–water partition coefficient (Wildman–Crippen LogP) is 20.1. The van der Waals surface area contributed by atoms with Crippen LogP contribution in [0.25, 0.3) is 11.1 Å². The highest BCUT2D eigenvalue weighted by Crippen LogP contribution is 2.46. The molecule has 0 N–H and O–H groups in total. The Morgan fingerprint density at radius 2 is 0.628 bits per heavy atom. The number of hydrogen-bond donors (Lipinski definition) is 0. The van der Waals surface area contributed by atoms with Crippen molar-refractivity contribution in [2.24, 2.45) is 0 Å². The second-order valence-corrected chi connectivity index (χ2v) is 21.7. The van der Waals surface area contributed by atoms with Crippen LogP contribution in [-0.4, -0.2) is 35.0 Å². The maximum atomic E-state index is 13.4. The molecule has 0 bridgehead atoms. The van der Waals surface area contributed by atoms with Crippen LogP contribution in [0.3, 0.4) is 0 Å². The topological polar surface area (TPSA) is 157 Å². The fourth-order valence-electron chi connectivity index (χ4n) is 10.6. The van der Waals surface area contributed by atoms with Crippen molar-refractivity contribution >= 4 is 23.3 Å². The number of hydrogen-bond acceptors (Lipinski definition) is 10. The van der Waals surface area contributed by atoms with Crippen molar-refractivity contribution in [3.63, 3.8) is 0 Å². The van der Waals surface area contributed by atoms with Crippen LogP contribution in [0.4, 0.5) is 11.4 Å². The Balaban J connectivity index is 1.23. The van der Waals surface area contributed by atoms with Crippen LogP contribution in [0.5, 0.6) is 23.0 Å². The molecule has 0 spiro atoms. The zero-order chi connectivity index (χ0) is 56.3. The van der Waals surface area contributed by atoms with E-state index in [4.69, 9.17) is 18.9 Å². The molecule has 0 aliphatic carbocycles. The van der Waals surface area contributed by atoms with Gasteiger partial charge in [-0.15, -0.1) is 0 Å². The average molecular weight is 1080 g/mol. The molecule has 0 unspecified atom stereocenters. The van der Waals surface area contributed by atoms with Gasteiger partial charge in [-0.1, -0.05) is 206 Å². The molecule has 0 saturated heterocycles. The molecule has 430 valence electrons. The molecule has 0 heterocycles. The molecule has 4 aromatic carbocycles. The smallest absolute Gasteiger partial charge is 0.343 e. The molecule has 0 fully saturated rings. The minimum Gasteiger partial charge on any atom is -0.494 e. The van der Waals surface area contributed by atoms with Crippen molar-refractivity contribution in [1.82, 2.24) is 0 Å². The number of nitro benzene ring substituents is 2. The van der Waals surface area contributed by atoms with E-state index in [0.29, 0.717) is 47.0 Å². The van der Waals surface area contributed by atoms with Crippen molar-refractivity contribution in [3.05, 3.63) is 114 Å². The van der Waals surface area contributed by atoms with Crippen LogP contribution >= 0.6 is 0 Å². The van der Waals surface area contributed by atoms with Crippen LogP contribution in [0, 0.1) is 47.9 Å². The van der Waals surface area contributed by atoms with Crippen molar-refractivity contribution in [3.8, 4) is 34.1 Å². The van der Waals surface area contributed by atoms with E-state index in [1.807, 2.05) is 0 Å². The first kappa shape index (κ1) is 64.7. The number of carbonyl (C=O) groups excluding carboxylic acids is 2. The third-order valence-electron chi connectivity index (χ3n) is 15.1. The summed E-state index contributed by atoms with van der Waals surface area (Å²) in [7, 11) is 0. The summed E-state index contributed by atoms with van der Waals surface area (Å²) in [5.74, 6) is -0.832. The van der Waals surface area contributed by atoms with Gasteiger partial charge < -0.3 is 18.9 Å². The van der Waals surface area contributed by atoms with Crippen molar-refractivity contribution in [1.29, 1.82) is 0 Å². The Kier molecular flexibility index (Phi) is 31.5. The number of aryl methyl sites for hydroxylation is 2. The minimum absolute atomic E-state index is 0.156. The van der Waals surface area contributed by atoms with Crippen molar-refractivity contribution < 1.29 is 38.4 Å². The zero-order valence-electron chi connectivity index (χ0n) is 48.8. The van der Waals surface area contributed by atoms with E-state index in [1.165, 1.54) is 206 Å². The fraction of sp³-hybridized carbons (Fsp3) is 0.606. The number of ether oxygens (including phenoxy) is 4. The quantitative estimate of drug-likeness (QED) is 0.0137. The monoisotopic (exact) mass is 1080 g/mol. The number of rotatable bonds is 43. The summed E-state index contributed by atoms with van der Waals surface area (Å²) in [6, 6.07) is 15.8. The van der Waals surface area contributed by atoms with Crippen LogP contribution in [0.2, 0.25) is 0 Å². The van der Waals surface area contributed by atoms with Gasteiger partial charge in [-0.2, -0.15) is 0 Å². The first-order valence-corrected chi connectivity index (χ1v) is 30.3. The van der Waals surface area contributed by atoms with Gasteiger partial charge >= 0.3 is 23.3 Å². The molecule has 78 heavy (non-hydrogen) atoms. The van der Waals surface area contributed by atoms with Crippen LogP contribution in [-0.2, 0) is 0 Å². The number of unbranched alkanes of at least 4 members (excludes halogenated alkanes) is 30. The second-order valence-electron chi connectivity index (χ2n) is 21.7. The zero-order valence-corrected chi connectivity index (χ0v) is 48.8. The van der Waals surface area contributed by atoms with Gasteiger partial charge in [-0.05, 0) is 123 Å². The molecular formula is C66H96N2O10. The first-order valence-electron chi connectivity index (χ1n) is 30.3. The third kappa shape index (κ3) is 23.3. The molecule has 0 amide bonds. The Hall–Kier alpha value is -5.78. The van der Waals surface area contributed by atoms with Crippen molar-refractivity contribution in [2.45, 2.75) is 247 Å². The van der Waals surface area contributed by atoms with E-state index < -0.39 is 33.2 Å². The highest BCUT2D eigenvalue weighted by molar-refractivity contribution is 5.94. The minimum atomic E-state index is -0.782. The maximum absolute atomic E-state index is 13.4. The highest BCUT2D eigenvalue weighted by Gasteiger charge is 2.32. The van der Waals surface area contributed by atoms with E-state index in [2.05, 4.69) is 13.8 Å². The van der Waals surface area contributed by atoms with Gasteiger partial charge in [0.05, 0.1) is 34.2 Å². The normalized spacial score (nSPS) is 11.2. The van der Waals surface area contributed by atoms with Gasteiger partial charge in [0.2, 0.25) is 11.5 Å². The first-order chi connectivity index (χ1) is 37.9. The van der Waals surface area contributed by atoms with Gasteiger partial charge in [0, 0.05) is 11.1 Å². The van der Waals surface area contributed by atoms with Gasteiger partial charge in [-0.25, -0.2) is 9.59 Å². The lowest BCUT2D eigenvalue weighted by atomic mass is 9.87. The molecule has 0 aliphatic heterocycles. The van der Waals surface area contributed by atoms with Gasteiger partial charge in [0.25, 0.3) is 0 Å². The molecule has 4 aromatic rings. The Morgan fingerprint density at radius 3 is 0.872 bits per heavy atom. The summed E-state index contributed by atoms with van der Waals surface area (Å²) in [4.78, 5) is 50.9. The van der Waals surface area contributed by atoms with Crippen molar-refractivity contribution in [2.75, 3.05) is 13.2 Å². The fourth-order valence-corrected chi connectivity index (χ4v) is 10.6. The van der Waals surface area contributed by atoms with E-state index in [9.17, 15) is 29.8 Å². The standard InChI is InChI=1S/C66H96N2O10/c1-7-9-11-13-15-17-19-21-23-25-27-29-31-33-35-37-47-75-57-43-39-55(40-44-57)65(69)77-59-49-51(3)61(53(5)63(59)67(71)72)62-52(4)50-60(64(54(62)6)68(73)74)78-66(70)56-41-45-58(46-42-56)76-48-38-36-34-32-30-28-26-24-22-20-18-16-14-12-10-8-2/h39-46,49-50H,7-38,47-48H2,1-6H3. The second kappa shape index (κ2) is 37.9. The van der Waals surface area contributed by atoms with E-state index in [-0.39, 0.29) is 33.8 Å². The highest BCUT2D eigenvalue weighted by atomic mass is 16.6. The summed E-state index contributed by atoms with van der Waals surface area (Å²) >= 11 is 0. The number of nitro groups is 2. The summed E-state index contributed by atoms with van der Waals surface area (Å²) in [6.45, 7) is 12.1. The maximum Gasteiger partial charge on any atom is 0.343 e. The summed E-state index contributed by atoms with van der Waals surface area (Å²) < 4.78 is 23.2. The molecule has 0 aliphatic rings. The van der Waals surface area contributed by atoms with Crippen LogP contribution in [0.15, 0.2) is 60.7 Å². The largest absolute Gasteiger partial charge is 0.494 e. The molecule has 0 saturated carbocycles. The number of esters is 2. The summed E-state index contributed by atoms with van der Waals surface area (Å²) in [5.41, 5.74) is 1.52. The van der Waals surface area contributed by atoms with Crippen LogP contribution < -0.4 is 18.9 Å². The Bertz CT molecular complexity index is 2230. The molecule has 0 atom stereocenters. The van der Waals surface area contributed by atoms with E-state index >= 15 is 0 Å². The lowest BCUT2D eigenvalue weighted by molar-refractivity contribution is -0.386. The number of nitrogens with zero attached hydrogens (tertiary/aromatic N) is 2. The molecule has 12 heteroatoms. The predicted molar refractivity (Wildman–Crippen MR) is 317 cm³/mol. The van der Waals surface area contributed by atoms with E-state index in [1.54, 1.807) is 62.4 Å². The average Bonchev–Trinajstić information content (AvgIpc) is 3.55. The number of benzene rings is 4. The van der Waals surface area contributed by atoms with Crippen LogP contribution in [0.1, 0.15) is 262 Å². The van der Waals surface area contributed by atoms with E-state index in [0.717, 1.165) is 25.7 Å².